The monoisotopic (exact) mass is 413 g/mol. The van der Waals surface area contributed by atoms with Crippen molar-refractivity contribution < 1.29 is 18.0 Å². The number of ether oxygens (including phenoxy) is 1. The van der Waals surface area contributed by atoms with Gasteiger partial charge in [0.15, 0.2) is 9.80 Å². The minimum absolute atomic E-state index is 0.0667. The molecule has 0 spiro atoms. The fourth-order valence-corrected chi connectivity index (χ4v) is 4.37. The quantitative estimate of drug-likeness (QED) is 0.158. The molecule has 28 heavy (non-hydrogen) atoms. The van der Waals surface area contributed by atoms with Gasteiger partial charge < -0.3 is 4.74 Å². The lowest BCUT2D eigenvalue weighted by molar-refractivity contribution is -0.132. The number of oxime groups is 1. The lowest BCUT2D eigenvalue weighted by Crippen LogP contribution is -2.14. The van der Waals surface area contributed by atoms with E-state index in [4.69, 9.17) is 9.02 Å². The number of carbonyl (C=O) groups excluding carboxylic acids is 1. The molecular weight excluding hydrogens is 394 g/mol. The molecule has 144 valence electrons. The van der Waals surface area contributed by atoms with Crippen molar-refractivity contribution in [2.24, 2.45) is 5.16 Å². The summed E-state index contributed by atoms with van der Waals surface area (Å²) in [7, 11) is -1.98. The number of aryl methyl sites for hydroxylation is 1. The van der Waals surface area contributed by atoms with Gasteiger partial charge in [0.2, 0.25) is 5.04 Å². The zero-order valence-corrected chi connectivity index (χ0v) is 17.1. The van der Waals surface area contributed by atoms with Gasteiger partial charge in [-0.3, -0.25) is 4.28 Å². The molecule has 0 aromatic heterocycles. The third kappa shape index (κ3) is 4.55. The Labute approximate surface area is 168 Å². The fraction of sp³-hybridized carbons (Fsp3) is 0.0952. The Morgan fingerprint density at radius 3 is 2.43 bits per heavy atom. The molecule has 0 N–H and O–H groups in total. The van der Waals surface area contributed by atoms with Crippen LogP contribution in [-0.2, 0) is 23.6 Å². The van der Waals surface area contributed by atoms with Crippen LogP contribution in [0.15, 0.2) is 81.7 Å². The first-order valence-electron chi connectivity index (χ1n) is 8.35. The molecule has 0 saturated carbocycles. The van der Waals surface area contributed by atoms with Crippen LogP contribution in [0.3, 0.4) is 0 Å². The molecule has 0 saturated heterocycles. The van der Waals surface area contributed by atoms with Crippen molar-refractivity contribution in [2.75, 3.05) is 7.11 Å². The third-order valence-corrected chi connectivity index (χ3v) is 6.20. The lowest BCUT2D eigenvalue weighted by atomic mass is 10.1. The molecule has 5 nitrogen and oxygen atoms in total. The molecule has 7 heteroatoms. The Kier molecular flexibility index (Phi) is 6.06. The SMILES string of the molecule is C=S(=O)(ON=C(Sc1ccc(C)cc1)C(=O)OC)c1cccc2ccccc12. The number of thioether (sulfide) groups is 1. The maximum atomic E-state index is 13.1. The van der Waals surface area contributed by atoms with Crippen LogP contribution < -0.4 is 0 Å². The number of hydrogen-bond donors (Lipinski definition) is 0. The Morgan fingerprint density at radius 1 is 1.04 bits per heavy atom. The van der Waals surface area contributed by atoms with Crippen LogP contribution in [0.1, 0.15) is 5.56 Å². The van der Waals surface area contributed by atoms with Gasteiger partial charge in [0.25, 0.3) is 0 Å². The highest BCUT2D eigenvalue weighted by Gasteiger charge is 2.18. The summed E-state index contributed by atoms with van der Waals surface area (Å²) in [6.45, 7) is 1.97. The molecule has 3 rings (SSSR count). The predicted octanol–water partition coefficient (Wildman–Crippen LogP) is 4.43. The summed E-state index contributed by atoms with van der Waals surface area (Å²) in [4.78, 5) is 13.3. The van der Waals surface area contributed by atoms with E-state index in [1.54, 1.807) is 12.1 Å². The molecule has 3 aromatic carbocycles. The average molecular weight is 414 g/mol. The second-order valence-corrected chi connectivity index (χ2v) is 8.85. The number of rotatable bonds is 4. The van der Waals surface area contributed by atoms with Crippen LogP contribution >= 0.6 is 11.8 Å². The number of esters is 1. The summed E-state index contributed by atoms with van der Waals surface area (Å²) in [5, 5.41) is 5.43. The Bertz CT molecular complexity index is 1130. The van der Waals surface area contributed by atoms with E-state index in [1.807, 2.05) is 61.5 Å². The number of nitrogens with zero attached hydrogens (tertiary/aromatic N) is 1. The first-order valence-corrected chi connectivity index (χ1v) is 10.8. The highest BCUT2D eigenvalue weighted by atomic mass is 32.2. The minimum Gasteiger partial charge on any atom is -0.464 e. The van der Waals surface area contributed by atoms with Crippen LogP contribution in [0.5, 0.6) is 0 Å². The standard InChI is InChI=1S/C21H19NO4S2/c1-15-11-13-17(14-12-15)27-20(21(23)25-2)22-26-28(3,24)19-10-6-8-16-7-4-5-9-18(16)19/h4-14H,3H2,1-2H3. The van der Waals surface area contributed by atoms with Crippen molar-refractivity contribution >= 4 is 49.2 Å². The van der Waals surface area contributed by atoms with Gasteiger partial charge >= 0.3 is 5.97 Å². The Balaban J connectivity index is 1.92. The molecule has 1 atom stereocenters. The summed E-state index contributed by atoms with van der Waals surface area (Å²) < 4.78 is 23.2. The molecule has 0 radical (unpaired) electrons. The molecule has 0 heterocycles. The van der Waals surface area contributed by atoms with Gasteiger partial charge in [0, 0.05) is 10.3 Å². The summed E-state index contributed by atoms with van der Waals surface area (Å²) in [6, 6.07) is 20.4. The fourth-order valence-electron chi connectivity index (χ4n) is 2.50. The first kappa shape index (κ1) is 20.0. The topological polar surface area (TPSA) is 65.0 Å². The van der Waals surface area contributed by atoms with Crippen LogP contribution in [0, 0.1) is 6.92 Å². The van der Waals surface area contributed by atoms with E-state index in [-0.39, 0.29) is 5.04 Å². The largest absolute Gasteiger partial charge is 0.464 e. The molecule has 0 aliphatic carbocycles. The Morgan fingerprint density at radius 2 is 1.71 bits per heavy atom. The van der Waals surface area contributed by atoms with Gasteiger partial charge in [-0.2, -0.15) is 0 Å². The smallest absolute Gasteiger partial charge is 0.367 e. The molecule has 1 unspecified atom stereocenters. The molecule has 0 aliphatic heterocycles. The number of benzene rings is 3. The van der Waals surface area contributed by atoms with E-state index in [9.17, 15) is 9.00 Å². The van der Waals surface area contributed by atoms with Crippen molar-refractivity contribution in [3.63, 3.8) is 0 Å². The molecule has 3 aromatic rings. The Hall–Kier alpha value is -2.77. The summed E-state index contributed by atoms with van der Waals surface area (Å²) in [5.41, 5.74) is 1.09. The maximum absolute atomic E-state index is 13.1. The summed E-state index contributed by atoms with van der Waals surface area (Å²) >= 11 is 1.07. The normalized spacial score (nSPS) is 13.7. The van der Waals surface area contributed by atoms with Gasteiger partial charge in [-0.25, -0.2) is 9.00 Å². The second kappa shape index (κ2) is 8.50. The van der Waals surface area contributed by atoms with Crippen LogP contribution in [0.2, 0.25) is 0 Å². The first-order chi connectivity index (χ1) is 13.4. The third-order valence-electron chi connectivity index (χ3n) is 3.92. The van der Waals surface area contributed by atoms with Gasteiger partial charge in [-0.1, -0.05) is 71.0 Å². The minimum atomic E-state index is -3.23. The van der Waals surface area contributed by atoms with Gasteiger partial charge in [0.05, 0.1) is 12.0 Å². The van der Waals surface area contributed by atoms with Crippen molar-refractivity contribution in [1.29, 1.82) is 0 Å². The lowest BCUT2D eigenvalue weighted by Gasteiger charge is -2.11. The van der Waals surface area contributed by atoms with Crippen molar-refractivity contribution in [3.05, 3.63) is 72.3 Å². The molecule has 0 fully saturated rings. The van der Waals surface area contributed by atoms with Crippen molar-refractivity contribution in [1.82, 2.24) is 0 Å². The average Bonchev–Trinajstić information content (AvgIpc) is 2.71. The molecule has 0 aliphatic rings. The van der Waals surface area contributed by atoms with Gasteiger partial charge in [0.1, 0.15) is 0 Å². The van der Waals surface area contributed by atoms with Crippen molar-refractivity contribution in [2.45, 2.75) is 16.7 Å². The van der Waals surface area contributed by atoms with Crippen molar-refractivity contribution in [3.8, 4) is 0 Å². The van der Waals surface area contributed by atoms with E-state index in [2.05, 4.69) is 11.0 Å². The zero-order chi connectivity index (χ0) is 20.1. The highest BCUT2D eigenvalue weighted by molar-refractivity contribution is 8.15. The number of fused-ring (bicyclic) bond motifs is 1. The highest BCUT2D eigenvalue weighted by Crippen LogP contribution is 2.26. The van der Waals surface area contributed by atoms with Crippen LogP contribution in [-0.4, -0.2) is 28.2 Å². The number of hydrogen-bond acceptors (Lipinski definition) is 6. The molecule has 0 bridgehead atoms. The number of methoxy groups -OCH3 is 1. The molecule has 0 amide bonds. The van der Waals surface area contributed by atoms with E-state index in [0.29, 0.717) is 4.90 Å². The van der Waals surface area contributed by atoms with Gasteiger partial charge in [-0.05, 0) is 36.4 Å². The maximum Gasteiger partial charge on any atom is 0.367 e. The second-order valence-electron chi connectivity index (χ2n) is 5.97. The van der Waals surface area contributed by atoms with E-state index in [0.717, 1.165) is 33.0 Å². The van der Waals surface area contributed by atoms with E-state index in [1.165, 1.54) is 7.11 Å². The number of carbonyl (C=O) groups is 1. The molecular formula is C21H19NO4S2. The van der Waals surface area contributed by atoms with Crippen LogP contribution in [0.4, 0.5) is 0 Å². The van der Waals surface area contributed by atoms with E-state index < -0.39 is 15.8 Å². The van der Waals surface area contributed by atoms with E-state index >= 15 is 0 Å². The summed E-state index contributed by atoms with van der Waals surface area (Å²) in [6.07, 6.45) is 0. The van der Waals surface area contributed by atoms with Crippen LogP contribution in [0.25, 0.3) is 10.8 Å². The predicted molar refractivity (Wildman–Crippen MR) is 115 cm³/mol. The van der Waals surface area contributed by atoms with Gasteiger partial charge in [-0.15, -0.1) is 0 Å². The summed E-state index contributed by atoms with van der Waals surface area (Å²) in [5.74, 6) is 3.02. The zero-order valence-electron chi connectivity index (χ0n) is 15.5.